The van der Waals surface area contributed by atoms with Gasteiger partial charge in [0.1, 0.15) is 18.4 Å². The third-order valence-electron chi connectivity index (χ3n) is 5.76. The molecule has 2 atom stereocenters. The van der Waals surface area contributed by atoms with E-state index in [1.807, 2.05) is 6.07 Å². The summed E-state index contributed by atoms with van der Waals surface area (Å²) in [5.74, 6) is 0.653. The highest BCUT2D eigenvalue weighted by Crippen LogP contribution is 2.30. The van der Waals surface area contributed by atoms with Gasteiger partial charge in [-0.1, -0.05) is 13.3 Å². The molecule has 29 heavy (non-hydrogen) atoms. The average molecular weight is 396 g/mol. The molecule has 2 saturated heterocycles. The van der Waals surface area contributed by atoms with Crippen LogP contribution in [0.5, 0.6) is 5.75 Å². The lowest BCUT2D eigenvalue weighted by atomic mass is 10.1. The fraction of sp³-hybridized carbons (Fsp3) is 0.591. The molecule has 0 saturated carbocycles. The first-order valence-electron chi connectivity index (χ1n) is 10.5. The Morgan fingerprint density at radius 3 is 2.66 bits per heavy atom. The van der Waals surface area contributed by atoms with Gasteiger partial charge in [-0.25, -0.2) is 0 Å². The standard InChI is InChI=1S/C22H29N5O2/c1-2-3-8-25-22(28)16-26-14-19-5-6-20(15-26)27(19)9-10-29-21-7-4-17(12-23)11-18(21)13-24/h4,7,11,19-20H,2-3,5-6,8-10,14-16H2,1H3,(H,25,28). The van der Waals surface area contributed by atoms with Crippen LogP contribution in [0.3, 0.4) is 0 Å². The van der Waals surface area contributed by atoms with Crippen LogP contribution in [0.2, 0.25) is 0 Å². The maximum atomic E-state index is 12.1. The number of nitrogens with zero attached hydrogens (tertiary/aromatic N) is 4. The van der Waals surface area contributed by atoms with Gasteiger partial charge in [0, 0.05) is 38.3 Å². The number of rotatable bonds is 9. The molecule has 0 radical (unpaired) electrons. The van der Waals surface area contributed by atoms with E-state index in [-0.39, 0.29) is 5.91 Å². The number of amides is 1. The van der Waals surface area contributed by atoms with Crippen molar-refractivity contribution in [3.63, 3.8) is 0 Å². The summed E-state index contributed by atoms with van der Waals surface area (Å²) in [6.45, 7) is 6.50. The second-order valence-electron chi connectivity index (χ2n) is 7.80. The first-order chi connectivity index (χ1) is 14.1. The van der Waals surface area contributed by atoms with Crippen LogP contribution in [0, 0.1) is 22.7 Å². The molecule has 1 aromatic carbocycles. The average Bonchev–Trinajstić information content (AvgIpc) is 2.96. The molecule has 0 spiro atoms. The topological polar surface area (TPSA) is 92.4 Å². The molecule has 2 aliphatic heterocycles. The van der Waals surface area contributed by atoms with E-state index >= 15 is 0 Å². The second-order valence-corrected chi connectivity index (χ2v) is 7.80. The Balaban J connectivity index is 1.46. The van der Waals surface area contributed by atoms with Crippen LogP contribution in [-0.4, -0.2) is 67.1 Å². The van der Waals surface area contributed by atoms with Crippen LogP contribution in [0.4, 0.5) is 0 Å². The van der Waals surface area contributed by atoms with Gasteiger partial charge in [-0.15, -0.1) is 0 Å². The van der Waals surface area contributed by atoms with E-state index < -0.39 is 0 Å². The minimum absolute atomic E-state index is 0.125. The third-order valence-corrected chi connectivity index (χ3v) is 5.76. The van der Waals surface area contributed by atoms with E-state index in [2.05, 4.69) is 28.1 Å². The van der Waals surface area contributed by atoms with Gasteiger partial charge in [0.05, 0.1) is 23.7 Å². The first-order valence-corrected chi connectivity index (χ1v) is 10.5. The number of hydrogen-bond acceptors (Lipinski definition) is 6. The second kappa shape index (κ2) is 10.2. The Kier molecular flexibility index (Phi) is 7.46. The fourth-order valence-corrected chi connectivity index (χ4v) is 4.31. The van der Waals surface area contributed by atoms with Crippen LogP contribution < -0.4 is 10.1 Å². The van der Waals surface area contributed by atoms with E-state index in [4.69, 9.17) is 10.00 Å². The van der Waals surface area contributed by atoms with Crippen LogP contribution in [0.25, 0.3) is 0 Å². The lowest BCUT2D eigenvalue weighted by Crippen LogP contribution is -2.56. The molecule has 2 fully saturated rings. The molecule has 7 nitrogen and oxygen atoms in total. The van der Waals surface area contributed by atoms with Crippen molar-refractivity contribution >= 4 is 5.91 Å². The number of unbranched alkanes of at least 4 members (excludes halogenated alkanes) is 1. The highest BCUT2D eigenvalue weighted by molar-refractivity contribution is 5.78. The Bertz CT molecular complexity index is 783. The lowest BCUT2D eigenvalue weighted by molar-refractivity contribution is -0.123. The summed E-state index contributed by atoms with van der Waals surface area (Å²) in [5, 5.41) is 21.2. The largest absolute Gasteiger partial charge is 0.491 e. The minimum atomic E-state index is 0.125. The zero-order valence-corrected chi connectivity index (χ0v) is 17.1. The predicted octanol–water partition coefficient (Wildman–Crippen LogP) is 1.87. The van der Waals surface area contributed by atoms with Gasteiger partial charge in [0.15, 0.2) is 0 Å². The fourth-order valence-electron chi connectivity index (χ4n) is 4.31. The molecule has 0 aliphatic carbocycles. The SMILES string of the molecule is CCCCNC(=O)CN1CC2CCC(C1)N2CCOc1ccc(C#N)cc1C#N. The smallest absolute Gasteiger partial charge is 0.234 e. The molecular weight excluding hydrogens is 366 g/mol. The third kappa shape index (κ3) is 5.47. The van der Waals surface area contributed by atoms with Crippen molar-refractivity contribution in [1.82, 2.24) is 15.1 Å². The van der Waals surface area contributed by atoms with Crippen molar-refractivity contribution in [2.45, 2.75) is 44.7 Å². The summed E-state index contributed by atoms with van der Waals surface area (Å²) in [4.78, 5) is 16.9. The molecule has 2 aliphatic rings. The maximum Gasteiger partial charge on any atom is 0.234 e. The van der Waals surface area contributed by atoms with Crippen molar-refractivity contribution < 1.29 is 9.53 Å². The lowest BCUT2D eigenvalue weighted by Gasteiger charge is -2.40. The number of nitriles is 2. The molecule has 7 heteroatoms. The molecule has 3 rings (SSSR count). The normalized spacial score (nSPS) is 21.3. The first kappa shape index (κ1) is 21.1. The molecular formula is C22H29N5O2. The van der Waals surface area contributed by atoms with Gasteiger partial charge in [0.2, 0.25) is 5.91 Å². The predicted molar refractivity (Wildman–Crippen MR) is 109 cm³/mol. The molecule has 2 unspecified atom stereocenters. The highest BCUT2D eigenvalue weighted by Gasteiger charge is 2.39. The zero-order chi connectivity index (χ0) is 20.6. The summed E-state index contributed by atoms with van der Waals surface area (Å²) in [5.41, 5.74) is 0.854. The van der Waals surface area contributed by atoms with Crippen LogP contribution >= 0.6 is 0 Å². The minimum Gasteiger partial charge on any atom is -0.491 e. The summed E-state index contributed by atoms with van der Waals surface area (Å²) < 4.78 is 5.85. The molecule has 2 bridgehead atoms. The number of piperazine rings is 1. The quantitative estimate of drug-likeness (QED) is 0.642. The Morgan fingerprint density at radius 1 is 1.24 bits per heavy atom. The highest BCUT2D eigenvalue weighted by atomic mass is 16.5. The molecule has 1 N–H and O–H groups in total. The van der Waals surface area contributed by atoms with Crippen molar-refractivity contribution in [1.29, 1.82) is 10.5 Å². The number of benzene rings is 1. The number of carbonyl (C=O) groups excluding carboxylic acids is 1. The van der Waals surface area contributed by atoms with Crippen molar-refractivity contribution in [2.24, 2.45) is 0 Å². The van der Waals surface area contributed by atoms with E-state index in [1.165, 1.54) is 0 Å². The monoisotopic (exact) mass is 395 g/mol. The van der Waals surface area contributed by atoms with Crippen LogP contribution in [0.15, 0.2) is 18.2 Å². The van der Waals surface area contributed by atoms with E-state index in [1.54, 1.807) is 18.2 Å². The van der Waals surface area contributed by atoms with Gasteiger partial charge < -0.3 is 10.1 Å². The molecule has 1 aromatic rings. The Labute approximate surface area is 172 Å². The Hall–Kier alpha value is -2.61. The maximum absolute atomic E-state index is 12.1. The van der Waals surface area contributed by atoms with Crippen molar-refractivity contribution in [3.8, 4) is 17.9 Å². The number of nitrogens with one attached hydrogen (secondary N) is 1. The van der Waals surface area contributed by atoms with Crippen LogP contribution in [-0.2, 0) is 4.79 Å². The van der Waals surface area contributed by atoms with Crippen molar-refractivity contribution in [2.75, 3.05) is 39.3 Å². The van der Waals surface area contributed by atoms with E-state index in [9.17, 15) is 10.1 Å². The number of fused-ring (bicyclic) bond motifs is 2. The summed E-state index contributed by atoms with van der Waals surface area (Å²) in [7, 11) is 0. The summed E-state index contributed by atoms with van der Waals surface area (Å²) in [6, 6.07) is 9.97. The molecule has 154 valence electrons. The number of hydrogen-bond donors (Lipinski definition) is 1. The zero-order valence-electron chi connectivity index (χ0n) is 17.1. The summed E-state index contributed by atoms with van der Waals surface area (Å²) in [6.07, 6.45) is 4.42. The molecule has 2 heterocycles. The molecule has 1 amide bonds. The van der Waals surface area contributed by atoms with Gasteiger partial charge in [-0.05, 0) is 37.5 Å². The van der Waals surface area contributed by atoms with Crippen LogP contribution in [0.1, 0.15) is 43.7 Å². The number of likely N-dealkylation sites (tertiary alicyclic amines) is 1. The van der Waals surface area contributed by atoms with E-state index in [0.29, 0.717) is 42.1 Å². The van der Waals surface area contributed by atoms with Gasteiger partial charge in [-0.3, -0.25) is 14.6 Å². The van der Waals surface area contributed by atoms with Crippen molar-refractivity contribution in [3.05, 3.63) is 29.3 Å². The van der Waals surface area contributed by atoms with Gasteiger partial charge >= 0.3 is 0 Å². The molecule has 0 aromatic heterocycles. The number of ether oxygens (including phenoxy) is 1. The Morgan fingerprint density at radius 2 is 2.00 bits per heavy atom. The van der Waals surface area contributed by atoms with Gasteiger partial charge in [0.25, 0.3) is 0 Å². The summed E-state index contributed by atoms with van der Waals surface area (Å²) >= 11 is 0. The number of carbonyl (C=O) groups is 1. The van der Waals surface area contributed by atoms with E-state index in [0.717, 1.165) is 51.9 Å². The van der Waals surface area contributed by atoms with Gasteiger partial charge in [-0.2, -0.15) is 10.5 Å².